The van der Waals surface area contributed by atoms with Crippen LogP contribution in [-0.2, 0) is 0 Å². The van der Waals surface area contributed by atoms with Gasteiger partial charge in [0.25, 0.3) is 0 Å². The van der Waals surface area contributed by atoms with Crippen molar-refractivity contribution < 1.29 is 13.2 Å². The smallest absolute Gasteiger partial charge is 0.230 e. The van der Waals surface area contributed by atoms with Crippen LogP contribution in [0.2, 0.25) is 0 Å². The summed E-state index contributed by atoms with van der Waals surface area (Å²) in [6.07, 6.45) is 0. The van der Waals surface area contributed by atoms with E-state index in [0.717, 1.165) is 37.0 Å². The first-order chi connectivity index (χ1) is 11.0. The predicted octanol–water partition coefficient (Wildman–Crippen LogP) is 3.75. The fraction of sp³-hybridized carbons (Fsp3) is 0.235. The van der Waals surface area contributed by atoms with E-state index in [1.807, 2.05) is 20.2 Å². The molecule has 0 amide bonds. The van der Waals surface area contributed by atoms with Crippen LogP contribution >= 0.6 is 0 Å². The van der Waals surface area contributed by atoms with Crippen LogP contribution in [-0.4, -0.2) is 37.1 Å². The number of fused-ring (bicyclic) bond motifs is 1. The molecule has 23 heavy (non-hydrogen) atoms. The quantitative estimate of drug-likeness (QED) is 0.778. The molecule has 0 atom stereocenters. The average molecular weight is 317 g/mol. The summed E-state index contributed by atoms with van der Waals surface area (Å²) in [5.74, 6) is -1.03. The van der Waals surface area contributed by atoms with Gasteiger partial charge in [-0.25, -0.2) is 13.8 Å². The molecule has 0 aliphatic rings. The maximum absolute atomic E-state index is 13.8. The SMILES string of the molecule is CN(C)CCNc1ccc2nc(-c3cc(F)ccc3F)oc2c1. The molecule has 0 saturated heterocycles. The van der Waals surface area contributed by atoms with Gasteiger partial charge in [0.2, 0.25) is 5.89 Å². The lowest BCUT2D eigenvalue weighted by Gasteiger charge is -2.10. The van der Waals surface area contributed by atoms with E-state index in [2.05, 4.69) is 15.2 Å². The van der Waals surface area contributed by atoms with Crippen molar-refractivity contribution >= 4 is 16.8 Å². The molecule has 6 heteroatoms. The van der Waals surface area contributed by atoms with Crippen LogP contribution in [0, 0.1) is 11.6 Å². The third kappa shape index (κ3) is 3.48. The van der Waals surface area contributed by atoms with Crippen molar-refractivity contribution in [3.63, 3.8) is 0 Å². The molecule has 0 unspecified atom stereocenters. The summed E-state index contributed by atoms with van der Waals surface area (Å²) in [6.45, 7) is 1.69. The number of likely N-dealkylation sites (N-methyl/N-ethyl adjacent to an activating group) is 1. The second kappa shape index (κ2) is 6.34. The molecule has 0 fully saturated rings. The zero-order valence-corrected chi connectivity index (χ0v) is 12.9. The Morgan fingerprint density at radius 3 is 2.74 bits per heavy atom. The van der Waals surface area contributed by atoms with Gasteiger partial charge in [-0.05, 0) is 44.4 Å². The van der Waals surface area contributed by atoms with E-state index in [1.165, 1.54) is 0 Å². The van der Waals surface area contributed by atoms with E-state index >= 15 is 0 Å². The van der Waals surface area contributed by atoms with Gasteiger partial charge in [-0.1, -0.05) is 0 Å². The molecule has 0 aliphatic carbocycles. The predicted molar refractivity (Wildman–Crippen MR) is 86.4 cm³/mol. The molecular weight excluding hydrogens is 300 g/mol. The Kier molecular flexibility index (Phi) is 4.25. The topological polar surface area (TPSA) is 41.3 Å². The fourth-order valence-electron chi connectivity index (χ4n) is 2.24. The van der Waals surface area contributed by atoms with Crippen LogP contribution in [0.4, 0.5) is 14.5 Å². The Morgan fingerprint density at radius 2 is 1.96 bits per heavy atom. The van der Waals surface area contributed by atoms with Gasteiger partial charge in [-0.15, -0.1) is 0 Å². The van der Waals surface area contributed by atoms with Crippen molar-refractivity contribution in [2.24, 2.45) is 0 Å². The monoisotopic (exact) mass is 317 g/mol. The molecule has 120 valence electrons. The highest BCUT2D eigenvalue weighted by Crippen LogP contribution is 2.28. The summed E-state index contributed by atoms with van der Waals surface area (Å²) in [4.78, 5) is 6.30. The normalized spacial score (nSPS) is 11.3. The van der Waals surface area contributed by atoms with Crippen LogP contribution in [0.15, 0.2) is 40.8 Å². The summed E-state index contributed by atoms with van der Waals surface area (Å²) in [6, 6.07) is 8.68. The molecule has 3 rings (SSSR count). The van der Waals surface area contributed by atoms with Crippen molar-refractivity contribution in [3.05, 3.63) is 48.0 Å². The molecule has 1 N–H and O–H groups in total. The average Bonchev–Trinajstić information content (AvgIpc) is 2.92. The number of benzene rings is 2. The summed E-state index contributed by atoms with van der Waals surface area (Å²) in [5.41, 5.74) is 2.03. The number of hydrogen-bond acceptors (Lipinski definition) is 4. The van der Waals surface area contributed by atoms with Gasteiger partial charge in [-0.3, -0.25) is 0 Å². The van der Waals surface area contributed by atoms with Gasteiger partial charge < -0.3 is 14.6 Å². The van der Waals surface area contributed by atoms with E-state index < -0.39 is 11.6 Å². The maximum Gasteiger partial charge on any atom is 0.230 e. The highest BCUT2D eigenvalue weighted by molar-refractivity contribution is 5.80. The fourth-order valence-corrected chi connectivity index (χ4v) is 2.24. The molecule has 2 aromatic carbocycles. The van der Waals surface area contributed by atoms with Gasteiger partial charge in [0, 0.05) is 24.8 Å². The minimum atomic E-state index is -0.567. The highest BCUT2D eigenvalue weighted by atomic mass is 19.1. The van der Waals surface area contributed by atoms with Crippen molar-refractivity contribution in [3.8, 4) is 11.5 Å². The number of aromatic nitrogens is 1. The number of rotatable bonds is 5. The second-order valence-electron chi connectivity index (χ2n) is 5.56. The first-order valence-corrected chi connectivity index (χ1v) is 7.27. The number of anilines is 1. The van der Waals surface area contributed by atoms with Crippen molar-refractivity contribution in [2.75, 3.05) is 32.5 Å². The molecule has 0 saturated carbocycles. The summed E-state index contributed by atoms with van der Waals surface area (Å²) in [7, 11) is 4.00. The molecule has 0 radical (unpaired) electrons. The van der Waals surface area contributed by atoms with E-state index in [-0.39, 0.29) is 11.5 Å². The number of hydrogen-bond donors (Lipinski definition) is 1. The van der Waals surface area contributed by atoms with E-state index in [1.54, 1.807) is 12.1 Å². The van der Waals surface area contributed by atoms with Crippen LogP contribution in [0.1, 0.15) is 0 Å². The number of nitrogens with zero attached hydrogens (tertiary/aromatic N) is 2. The van der Waals surface area contributed by atoms with Crippen molar-refractivity contribution in [2.45, 2.75) is 0 Å². The van der Waals surface area contributed by atoms with Crippen LogP contribution in [0.3, 0.4) is 0 Å². The number of oxazole rings is 1. The summed E-state index contributed by atoms with van der Waals surface area (Å²) >= 11 is 0. The molecule has 0 spiro atoms. The van der Waals surface area contributed by atoms with E-state index in [9.17, 15) is 8.78 Å². The van der Waals surface area contributed by atoms with Crippen molar-refractivity contribution in [1.82, 2.24) is 9.88 Å². The summed E-state index contributed by atoms with van der Waals surface area (Å²) in [5, 5.41) is 3.27. The van der Waals surface area contributed by atoms with Crippen molar-refractivity contribution in [1.29, 1.82) is 0 Å². The molecule has 4 nitrogen and oxygen atoms in total. The zero-order valence-electron chi connectivity index (χ0n) is 12.9. The summed E-state index contributed by atoms with van der Waals surface area (Å²) < 4.78 is 32.7. The molecule has 3 aromatic rings. The molecule has 0 bridgehead atoms. The van der Waals surface area contributed by atoms with Crippen LogP contribution < -0.4 is 5.32 Å². The number of halogens is 2. The second-order valence-corrected chi connectivity index (χ2v) is 5.56. The minimum Gasteiger partial charge on any atom is -0.436 e. The standard InChI is InChI=1S/C17H17F2N3O/c1-22(2)8-7-20-12-4-6-15-16(10-12)23-17(21-15)13-9-11(18)3-5-14(13)19/h3-6,9-10,20H,7-8H2,1-2H3. The Balaban J connectivity index is 1.88. The molecule has 0 aliphatic heterocycles. The first kappa shape index (κ1) is 15.4. The lowest BCUT2D eigenvalue weighted by molar-refractivity contribution is 0.425. The van der Waals surface area contributed by atoms with Crippen LogP contribution in [0.25, 0.3) is 22.6 Å². The lowest BCUT2D eigenvalue weighted by atomic mass is 10.2. The van der Waals surface area contributed by atoms with Gasteiger partial charge >= 0.3 is 0 Å². The van der Waals surface area contributed by atoms with Gasteiger partial charge in [0.1, 0.15) is 17.2 Å². The lowest BCUT2D eigenvalue weighted by Crippen LogP contribution is -2.20. The largest absolute Gasteiger partial charge is 0.436 e. The van der Waals surface area contributed by atoms with Gasteiger partial charge in [-0.2, -0.15) is 0 Å². The number of nitrogens with one attached hydrogen (secondary N) is 1. The Labute approximate surface area is 132 Å². The maximum atomic E-state index is 13.8. The Bertz CT molecular complexity index is 830. The zero-order chi connectivity index (χ0) is 16.4. The van der Waals surface area contributed by atoms with E-state index in [0.29, 0.717) is 11.1 Å². The Hall–Kier alpha value is -2.47. The van der Waals surface area contributed by atoms with Gasteiger partial charge in [0.05, 0.1) is 5.56 Å². The minimum absolute atomic E-state index is 0.0170. The third-order valence-electron chi connectivity index (χ3n) is 3.44. The Morgan fingerprint density at radius 1 is 1.13 bits per heavy atom. The highest BCUT2D eigenvalue weighted by Gasteiger charge is 2.14. The first-order valence-electron chi connectivity index (χ1n) is 7.27. The molecular formula is C17H17F2N3O. The molecule has 1 aromatic heterocycles. The molecule has 1 heterocycles. The van der Waals surface area contributed by atoms with E-state index in [4.69, 9.17) is 4.42 Å². The van der Waals surface area contributed by atoms with Crippen LogP contribution in [0.5, 0.6) is 0 Å². The third-order valence-corrected chi connectivity index (χ3v) is 3.44. The van der Waals surface area contributed by atoms with Gasteiger partial charge in [0.15, 0.2) is 5.58 Å².